The van der Waals surface area contributed by atoms with Gasteiger partial charge in [0.2, 0.25) is 0 Å². The van der Waals surface area contributed by atoms with Crippen LogP contribution in [0.3, 0.4) is 0 Å². The topological polar surface area (TPSA) is 129 Å². The first kappa shape index (κ1) is 54.8. The van der Waals surface area contributed by atoms with Crippen LogP contribution in [0.1, 0.15) is 131 Å². The van der Waals surface area contributed by atoms with Gasteiger partial charge in [-0.1, -0.05) is 131 Å². The molecular weight excluding hydrogens is 1150 g/mol. The SMILES string of the molecule is Cc1ccc(C2(c3ccc(C)cc3)c3cc4c(cc3-c3sc5cc(/C=C6\C(=O)c7cc(C)c(C)cc7C6=C(C#N)C#N)sc5c32)C(c2ccc(C)cc2)(c2ccc(C)cc2)c2c-4sc3cc(/C=C4\C(=O)c5cc(C)c(C)cc5C4=C(C#N)C#N)sc23)cc1. The quantitative estimate of drug-likeness (QED) is 0.120. The third-order valence-corrected chi connectivity index (χ3v) is 23.6. The molecule has 6 nitrogen and oxygen atoms in total. The first-order chi connectivity index (χ1) is 42.5. The summed E-state index contributed by atoms with van der Waals surface area (Å²) in [6.07, 6.45) is 3.80. The maximum Gasteiger partial charge on any atom is 0.194 e. The lowest BCUT2D eigenvalue weighted by Gasteiger charge is -2.35. The van der Waals surface area contributed by atoms with E-state index in [0.29, 0.717) is 44.5 Å². The second-order valence-corrected chi connectivity index (χ2v) is 28.2. The number of hydrogen-bond donors (Lipinski definition) is 0. The van der Waals surface area contributed by atoms with Crippen molar-refractivity contribution in [1.82, 2.24) is 0 Å². The molecule has 0 unspecified atom stereocenters. The van der Waals surface area contributed by atoms with Crippen molar-refractivity contribution in [3.8, 4) is 45.2 Å². The molecule has 7 aromatic carbocycles. The van der Waals surface area contributed by atoms with Gasteiger partial charge >= 0.3 is 0 Å². The van der Waals surface area contributed by atoms with Crippen LogP contribution >= 0.6 is 45.3 Å². The summed E-state index contributed by atoms with van der Waals surface area (Å²) in [4.78, 5) is 33.3. The number of rotatable bonds is 6. The van der Waals surface area contributed by atoms with E-state index in [1.54, 1.807) is 45.3 Å². The van der Waals surface area contributed by atoms with E-state index in [0.717, 1.165) is 106 Å². The number of hydrogen-bond acceptors (Lipinski definition) is 10. The molecule has 0 bridgehead atoms. The molecule has 0 spiro atoms. The van der Waals surface area contributed by atoms with Crippen molar-refractivity contribution in [2.45, 2.75) is 66.2 Å². The maximum absolute atomic E-state index is 14.6. The minimum atomic E-state index is -0.824. The second kappa shape index (κ2) is 19.8. The molecule has 15 rings (SSSR count). The lowest BCUT2D eigenvalue weighted by Crippen LogP contribution is -2.30. The zero-order valence-electron chi connectivity index (χ0n) is 49.2. The van der Waals surface area contributed by atoms with Gasteiger partial charge in [-0.15, -0.1) is 45.3 Å². The molecule has 10 heteroatoms. The fourth-order valence-corrected chi connectivity index (χ4v) is 19.7. The molecule has 0 N–H and O–H groups in total. The Bertz CT molecular complexity index is 4890. The lowest BCUT2D eigenvalue weighted by molar-refractivity contribution is 0.103. The molecule has 11 aromatic rings. The summed E-state index contributed by atoms with van der Waals surface area (Å²) in [6, 6.07) is 61.5. The minimum absolute atomic E-state index is 0.0869. The molecule has 0 saturated carbocycles. The van der Waals surface area contributed by atoms with Gasteiger partial charge in [-0.2, -0.15) is 21.0 Å². The van der Waals surface area contributed by atoms with Crippen LogP contribution in [0.2, 0.25) is 0 Å². The highest BCUT2D eigenvalue weighted by Crippen LogP contribution is 2.68. The van der Waals surface area contributed by atoms with E-state index in [9.17, 15) is 30.6 Å². The number of carbonyl (C=O) groups is 2. The van der Waals surface area contributed by atoms with E-state index >= 15 is 0 Å². The monoisotopic (exact) mass is 1200 g/mol. The van der Waals surface area contributed by atoms with Crippen molar-refractivity contribution in [1.29, 1.82) is 21.0 Å². The molecule has 0 radical (unpaired) electrons. The van der Waals surface area contributed by atoms with Crippen LogP contribution in [0.4, 0.5) is 0 Å². The van der Waals surface area contributed by atoms with Gasteiger partial charge in [-0.05, 0) is 182 Å². The number of fused-ring (bicyclic) bond motifs is 12. The Morgan fingerprint density at radius 2 is 0.670 bits per heavy atom. The molecule has 0 amide bonds. The summed E-state index contributed by atoms with van der Waals surface area (Å²) in [5, 5.41) is 41.4. The van der Waals surface area contributed by atoms with Crippen LogP contribution in [0.25, 0.3) is 63.0 Å². The largest absolute Gasteiger partial charge is 0.289 e. The van der Waals surface area contributed by atoms with E-state index in [4.69, 9.17) is 0 Å². The van der Waals surface area contributed by atoms with Crippen LogP contribution in [-0.2, 0) is 10.8 Å². The second-order valence-electron chi connectivity index (χ2n) is 23.9. The summed E-state index contributed by atoms with van der Waals surface area (Å²) in [6.45, 7) is 16.4. The molecule has 4 aliphatic carbocycles. The number of benzene rings is 7. The highest BCUT2D eigenvalue weighted by atomic mass is 32.1. The number of carbonyl (C=O) groups excluding carboxylic acids is 2. The average molecular weight is 1200 g/mol. The van der Waals surface area contributed by atoms with Crippen molar-refractivity contribution >= 4 is 99.0 Å². The molecule has 88 heavy (non-hydrogen) atoms. The number of ketones is 2. The van der Waals surface area contributed by atoms with Crippen molar-refractivity contribution in [3.05, 3.63) is 289 Å². The van der Waals surface area contributed by atoms with Crippen molar-refractivity contribution < 1.29 is 9.59 Å². The maximum atomic E-state index is 14.6. The fourth-order valence-electron chi connectivity index (χ4n) is 14.2. The molecule has 0 aliphatic heterocycles. The van der Waals surface area contributed by atoms with Gasteiger partial charge in [-0.3, -0.25) is 9.59 Å². The Morgan fingerprint density at radius 1 is 0.375 bits per heavy atom. The Morgan fingerprint density at radius 3 is 0.966 bits per heavy atom. The third kappa shape index (κ3) is 7.58. The summed E-state index contributed by atoms with van der Waals surface area (Å²) in [5.74, 6) is -0.395. The van der Waals surface area contributed by atoms with Gasteiger partial charge < -0.3 is 0 Å². The Hall–Kier alpha value is -9.88. The zero-order valence-corrected chi connectivity index (χ0v) is 52.5. The molecule has 4 heterocycles. The standard InChI is InChI=1S/C78H50N4O2S4/c1-39-9-17-49(18-10-39)77(50-19-11-40(2)12-20-50)63-33-60-64(34-59(63)73-69(77)75-65(87-73)31-53(85-75)29-61-67(47(35-79)36-80)55-25-43(5)45(7)27-57(55)71(61)83)78(51-21-13-41(3)14-22-51,52-23-15-42(4)16-24-52)70-74(60)88-66-32-54(86-76(66)70)30-62-68(48(37-81)38-82)56-26-44(6)46(8)28-58(56)72(62)84/h9-34H,1-8H3/b61-29-,62-30-. The molecule has 418 valence electrons. The van der Waals surface area contributed by atoms with Crippen LogP contribution in [-0.4, -0.2) is 11.6 Å². The first-order valence-corrected chi connectivity index (χ1v) is 32.3. The van der Waals surface area contributed by atoms with E-state index in [-0.39, 0.29) is 22.7 Å². The molecule has 4 aromatic heterocycles. The Kier molecular flexibility index (Phi) is 12.3. The highest BCUT2D eigenvalue weighted by Gasteiger charge is 2.54. The molecule has 0 fully saturated rings. The highest BCUT2D eigenvalue weighted by molar-refractivity contribution is 7.31. The minimum Gasteiger partial charge on any atom is -0.289 e. The summed E-state index contributed by atoms with van der Waals surface area (Å²) < 4.78 is 4.37. The van der Waals surface area contributed by atoms with Gasteiger partial charge in [0, 0.05) is 73.5 Å². The summed E-state index contributed by atoms with van der Waals surface area (Å²) in [5.41, 5.74) is 21.9. The fraction of sp³-hybridized carbons (Fsp3) is 0.128. The van der Waals surface area contributed by atoms with E-state index < -0.39 is 10.8 Å². The normalized spacial score (nSPS) is 15.5. The summed E-state index contributed by atoms with van der Waals surface area (Å²) in [7, 11) is 0. The van der Waals surface area contributed by atoms with Gasteiger partial charge in [-0.25, -0.2) is 0 Å². The van der Waals surface area contributed by atoms with Crippen LogP contribution < -0.4 is 0 Å². The Labute approximate surface area is 526 Å². The number of nitriles is 4. The molecule has 4 aliphatic rings. The molecule has 0 atom stereocenters. The summed E-state index contributed by atoms with van der Waals surface area (Å²) >= 11 is 6.84. The predicted molar refractivity (Wildman–Crippen MR) is 359 cm³/mol. The Balaban J connectivity index is 1.01. The number of allylic oxidation sites excluding steroid dienone is 6. The van der Waals surface area contributed by atoms with Crippen molar-refractivity contribution in [3.63, 3.8) is 0 Å². The number of thiophene rings is 4. The predicted octanol–water partition coefficient (Wildman–Crippen LogP) is 19.6. The van der Waals surface area contributed by atoms with E-state index in [1.807, 2.05) is 64.1 Å². The van der Waals surface area contributed by atoms with Crippen molar-refractivity contribution in [2.24, 2.45) is 0 Å². The zero-order chi connectivity index (χ0) is 61.0. The lowest BCUT2D eigenvalue weighted by atomic mass is 9.65. The third-order valence-electron chi connectivity index (χ3n) is 18.8. The van der Waals surface area contributed by atoms with Crippen LogP contribution in [0.5, 0.6) is 0 Å². The van der Waals surface area contributed by atoms with Gasteiger partial charge in [0.05, 0.1) is 20.2 Å². The van der Waals surface area contributed by atoms with Crippen molar-refractivity contribution in [2.75, 3.05) is 0 Å². The van der Waals surface area contributed by atoms with Gasteiger partial charge in [0.25, 0.3) is 0 Å². The smallest absolute Gasteiger partial charge is 0.194 e. The first-order valence-electron chi connectivity index (χ1n) is 29.0. The number of Topliss-reactive ketones (excluding diaryl/α,β-unsaturated/α-hetero) is 2. The molecule has 0 saturated heterocycles. The van der Waals surface area contributed by atoms with Crippen LogP contribution in [0.15, 0.2) is 168 Å². The van der Waals surface area contributed by atoms with E-state index in [1.165, 1.54) is 32.0 Å². The van der Waals surface area contributed by atoms with Gasteiger partial charge in [0.1, 0.15) is 35.4 Å². The number of nitrogens with zero attached hydrogens (tertiary/aromatic N) is 4. The average Bonchev–Trinajstić information content (AvgIpc) is 1.49. The van der Waals surface area contributed by atoms with E-state index in [2.05, 4.69) is 173 Å². The van der Waals surface area contributed by atoms with Gasteiger partial charge in [0.15, 0.2) is 11.6 Å². The van der Waals surface area contributed by atoms with Crippen LogP contribution in [0, 0.1) is 101 Å². The number of aryl methyl sites for hydroxylation is 8. The molecular formula is C78H50N4O2S4.